The number of rotatable bonds is 3. The molecule has 30 heavy (non-hydrogen) atoms. The number of carbonyl (C=O) groups is 2. The lowest BCUT2D eigenvalue weighted by molar-refractivity contribution is -0.117. The summed E-state index contributed by atoms with van der Waals surface area (Å²) >= 11 is 0. The van der Waals surface area contributed by atoms with Gasteiger partial charge in [-0.15, -0.1) is 0 Å². The van der Waals surface area contributed by atoms with E-state index in [1.54, 1.807) is 21.9 Å². The minimum Gasteiger partial charge on any atom is -0.368 e. The van der Waals surface area contributed by atoms with Gasteiger partial charge < -0.3 is 20.0 Å². The molecule has 7 heteroatoms. The van der Waals surface area contributed by atoms with E-state index in [1.807, 2.05) is 32.0 Å². The third-order valence-corrected chi connectivity index (χ3v) is 6.01. The second kappa shape index (κ2) is 8.34. The summed E-state index contributed by atoms with van der Waals surface area (Å²) in [5.41, 5.74) is 4.18. The zero-order valence-corrected chi connectivity index (χ0v) is 17.4. The van der Waals surface area contributed by atoms with E-state index in [1.165, 1.54) is 17.7 Å². The van der Waals surface area contributed by atoms with Crippen molar-refractivity contribution in [2.45, 2.75) is 26.3 Å². The molecule has 0 radical (unpaired) electrons. The second-order valence-corrected chi connectivity index (χ2v) is 8.07. The molecule has 6 nitrogen and oxygen atoms in total. The van der Waals surface area contributed by atoms with Crippen molar-refractivity contribution in [2.75, 3.05) is 42.5 Å². The van der Waals surface area contributed by atoms with Crippen molar-refractivity contribution in [2.24, 2.45) is 0 Å². The molecule has 2 fully saturated rings. The summed E-state index contributed by atoms with van der Waals surface area (Å²) in [4.78, 5) is 30.9. The third kappa shape index (κ3) is 4.25. The van der Waals surface area contributed by atoms with Crippen LogP contribution in [0.3, 0.4) is 0 Å². The van der Waals surface area contributed by atoms with Crippen LogP contribution in [0.5, 0.6) is 0 Å². The number of halogens is 1. The van der Waals surface area contributed by atoms with Gasteiger partial charge in [0.1, 0.15) is 5.82 Å². The fourth-order valence-corrected chi connectivity index (χ4v) is 4.03. The van der Waals surface area contributed by atoms with E-state index >= 15 is 0 Å². The number of urea groups is 1. The number of nitrogens with zero attached hydrogens (tertiary/aromatic N) is 3. The van der Waals surface area contributed by atoms with Crippen LogP contribution < -0.4 is 15.1 Å². The predicted molar refractivity (Wildman–Crippen MR) is 115 cm³/mol. The first-order chi connectivity index (χ1) is 14.4. The maximum atomic E-state index is 13.1. The SMILES string of the molecule is Cc1ccc(N2CC(NC(=O)N3CCN(c4ccc(F)cc4)CC3)CC2=O)cc1C. The Balaban J connectivity index is 1.31. The average Bonchev–Trinajstić information content (AvgIpc) is 3.10. The van der Waals surface area contributed by atoms with E-state index in [4.69, 9.17) is 0 Å². The molecule has 2 aliphatic rings. The number of piperazine rings is 1. The molecule has 1 N–H and O–H groups in total. The average molecular weight is 410 g/mol. The maximum Gasteiger partial charge on any atom is 0.317 e. The van der Waals surface area contributed by atoms with Gasteiger partial charge in [0.05, 0.1) is 6.04 Å². The summed E-state index contributed by atoms with van der Waals surface area (Å²) in [6.07, 6.45) is 0.314. The van der Waals surface area contributed by atoms with Crippen LogP contribution in [-0.2, 0) is 4.79 Å². The van der Waals surface area contributed by atoms with Crippen molar-refractivity contribution in [1.29, 1.82) is 0 Å². The molecule has 0 aliphatic carbocycles. The van der Waals surface area contributed by atoms with Crippen LogP contribution in [0.4, 0.5) is 20.6 Å². The Morgan fingerprint density at radius 1 is 0.967 bits per heavy atom. The number of hydrogen-bond acceptors (Lipinski definition) is 3. The molecule has 3 amide bonds. The largest absolute Gasteiger partial charge is 0.368 e. The number of carbonyl (C=O) groups excluding carboxylic acids is 2. The van der Waals surface area contributed by atoms with Crippen LogP contribution in [0, 0.1) is 19.7 Å². The molecule has 0 spiro atoms. The van der Waals surface area contributed by atoms with Crippen LogP contribution >= 0.6 is 0 Å². The van der Waals surface area contributed by atoms with Gasteiger partial charge in [0, 0.05) is 50.5 Å². The van der Waals surface area contributed by atoms with Crippen LogP contribution in [0.2, 0.25) is 0 Å². The number of hydrogen-bond donors (Lipinski definition) is 1. The molecule has 2 aromatic rings. The monoisotopic (exact) mass is 410 g/mol. The summed E-state index contributed by atoms with van der Waals surface area (Å²) in [6.45, 7) is 7.13. The zero-order valence-electron chi connectivity index (χ0n) is 17.4. The van der Waals surface area contributed by atoms with Gasteiger partial charge in [-0.2, -0.15) is 0 Å². The van der Waals surface area contributed by atoms with Gasteiger partial charge in [-0.25, -0.2) is 9.18 Å². The molecular formula is C23H27FN4O2. The summed E-state index contributed by atoms with van der Waals surface area (Å²) < 4.78 is 13.1. The minimum atomic E-state index is -0.252. The molecular weight excluding hydrogens is 383 g/mol. The summed E-state index contributed by atoms with van der Waals surface area (Å²) in [5, 5.41) is 3.02. The summed E-state index contributed by atoms with van der Waals surface area (Å²) in [7, 11) is 0. The number of aryl methyl sites for hydroxylation is 2. The smallest absolute Gasteiger partial charge is 0.317 e. The molecule has 2 saturated heterocycles. The van der Waals surface area contributed by atoms with E-state index in [0.717, 1.165) is 16.9 Å². The summed E-state index contributed by atoms with van der Waals surface area (Å²) in [5.74, 6) is -0.220. The zero-order chi connectivity index (χ0) is 21.3. The maximum absolute atomic E-state index is 13.1. The lowest BCUT2D eigenvalue weighted by Gasteiger charge is -2.36. The first kappa shape index (κ1) is 20.2. The highest BCUT2D eigenvalue weighted by molar-refractivity contribution is 5.97. The molecule has 2 aromatic carbocycles. The molecule has 0 bridgehead atoms. The first-order valence-corrected chi connectivity index (χ1v) is 10.3. The first-order valence-electron chi connectivity index (χ1n) is 10.3. The van der Waals surface area contributed by atoms with Crippen molar-refractivity contribution in [1.82, 2.24) is 10.2 Å². The quantitative estimate of drug-likeness (QED) is 0.846. The van der Waals surface area contributed by atoms with Gasteiger partial charge in [-0.3, -0.25) is 4.79 Å². The Kier molecular flexibility index (Phi) is 5.61. The van der Waals surface area contributed by atoms with Crippen molar-refractivity contribution in [3.63, 3.8) is 0 Å². The summed E-state index contributed by atoms with van der Waals surface area (Å²) in [6, 6.07) is 12.1. The second-order valence-electron chi connectivity index (χ2n) is 8.07. The van der Waals surface area contributed by atoms with Gasteiger partial charge in [0.2, 0.25) is 5.91 Å². The van der Waals surface area contributed by atoms with Crippen molar-refractivity contribution >= 4 is 23.3 Å². The fraction of sp³-hybridized carbons (Fsp3) is 0.391. The Morgan fingerprint density at radius 3 is 2.30 bits per heavy atom. The Morgan fingerprint density at radius 2 is 1.63 bits per heavy atom. The molecule has 4 rings (SSSR count). The molecule has 0 aromatic heterocycles. The van der Waals surface area contributed by atoms with Crippen molar-refractivity contribution in [3.05, 3.63) is 59.4 Å². The molecule has 2 aliphatic heterocycles. The highest BCUT2D eigenvalue weighted by Crippen LogP contribution is 2.24. The van der Waals surface area contributed by atoms with E-state index in [-0.39, 0.29) is 23.8 Å². The van der Waals surface area contributed by atoms with Crippen LogP contribution in [0.25, 0.3) is 0 Å². The van der Waals surface area contributed by atoms with E-state index < -0.39 is 0 Å². The van der Waals surface area contributed by atoms with Crippen molar-refractivity contribution in [3.8, 4) is 0 Å². The van der Waals surface area contributed by atoms with Crippen LogP contribution in [0.15, 0.2) is 42.5 Å². The van der Waals surface area contributed by atoms with Crippen LogP contribution in [-0.4, -0.2) is 55.6 Å². The molecule has 1 atom stereocenters. The topological polar surface area (TPSA) is 55.9 Å². The lowest BCUT2D eigenvalue weighted by atomic mass is 10.1. The number of anilines is 2. The van der Waals surface area contributed by atoms with E-state index in [0.29, 0.717) is 39.1 Å². The van der Waals surface area contributed by atoms with Gasteiger partial charge in [-0.05, 0) is 61.4 Å². The number of benzene rings is 2. The highest BCUT2D eigenvalue weighted by atomic mass is 19.1. The Bertz CT molecular complexity index is 939. The Labute approximate surface area is 176 Å². The molecule has 0 saturated carbocycles. The van der Waals surface area contributed by atoms with Gasteiger partial charge >= 0.3 is 6.03 Å². The molecule has 2 heterocycles. The fourth-order valence-electron chi connectivity index (χ4n) is 4.03. The number of amides is 3. The molecule has 1 unspecified atom stereocenters. The van der Waals surface area contributed by atoms with Gasteiger partial charge in [0.15, 0.2) is 0 Å². The third-order valence-electron chi connectivity index (χ3n) is 6.01. The highest BCUT2D eigenvalue weighted by Gasteiger charge is 2.33. The minimum absolute atomic E-state index is 0.0321. The molecule has 158 valence electrons. The Hall–Kier alpha value is -3.09. The normalized spacial score (nSPS) is 19.4. The standard InChI is InChI=1S/C23H27FN4O2/c1-16-3-6-21(13-17(16)2)28-15-19(14-22(28)29)25-23(30)27-11-9-26(10-12-27)20-7-4-18(24)5-8-20/h3-8,13,19H,9-12,14-15H2,1-2H3,(H,25,30). The van der Waals surface area contributed by atoms with Gasteiger partial charge in [-0.1, -0.05) is 6.07 Å². The van der Waals surface area contributed by atoms with E-state index in [9.17, 15) is 14.0 Å². The van der Waals surface area contributed by atoms with Crippen LogP contribution in [0.1, 0.15) is 17.5 Å². The van der Waals surface area contributed by atoms with Crippen molar-refractivity contribution < 1.29 is 14.0 Å². The lowest BCUT2D eigenvalue weighted by Crippen LogP contribution is -2.53. The number of nitrogens with one attached hydrogen (secondary N) is 1. The van der Waals surface area contributed by atoms with Gasteiger partial charge in [0.25, 0.3) is 0 Å². The van der Waals surface area contributed by atoms with E-state index in [2.05, 4.69) is 10.2 Å². The predicted octanol–water partition coefficient (Wildman–Crippen LogP) is 3.08.